The highest BCUT2D eigenvalue weighted by Gasteiger charge is 2.50. The van der Waals surface area contributed by atoms with Gasteiger partial charge in [0.05, 0.1) is 0 Å². The lowest BCUT2D eigenvalue weighted by Gasteiger charge is -2.20. The zero-order chi connectivity index (χ0) is 8.41. The fourth-order valence-electron chi connectivity index (χ4n) is 0.220. The van der Waals surface area contributed by atoms with Crippen molar-refractivity contribution in [1.29, 1.82) is 0 Å². The number of aldehydes is 1. The molecule has 0 radical (unpaired) electrons. The summed E-state index contributed by atoms with van der Waals surface area (Å²) in [5.74, 6) is 0. The highest BCUT2D eigenvalue weighted by molar-refractivity contribution is 9.25. The average Bonchev–Trinajstić information content (AvgIpc) is 1.61. The third-order valence-electron chi connectivity index (χ3n) is 0.754. The Labute approximate surface area is 72.2 Å². The molecule has 0 unspecified atom stereocenters. The first kappa shape index (κ1) is 10.4. The molecule has 0 fully saturated rings. The van der Waals surface area contributed by atoms with Crippen molar-refractivity contribution in [3.63, 3.8) is 0 Å². The predicted molar refractivity (Wildman–Crippen MR) is 37.3 cm³/mol. The van der Waals surface area contributed by atoms with Gasteiger partial charge < -0.3 is 4.79 Å². The zero-order valence-corrected chi connectivity index (χ0v) is 7.75. The van der Waals surface area contributed by atoms with Crippen LogP contribution in [0.4, 0.5) is 13.2 Å². The Hall–Kier alpha value is 0.420. The van der Waals surface area contributed by atoms with Gasteiger partial charge in [-0.1, -0.05) is 31.9 Å². The normalized spacial score (nSPS) is 13.3. The molecule has 0 aromatic carbocycles. The molecule has 0 saturated heterocycles. The van der Waals surface area contributed by atoms with Gasteiger partial charge in [0.2, 0.25) is 0 Å². The SMILES string of the molecule is O=CCC(Br)(Br)C(F)(F)F. The molecule has 0 aliphatic carbocycles. The van der Waals surface area contributed by atoms with Crippen molar-refractivity contribution in [1.82, 2.24) is 0 Å². The second-order valence-corrected chi connectivity index (χ2v) is 5.34. The molecule has 0 atom stereocenters. The molecule has 1 nitrogen and oxygen atoms in total. The van der Waals surface area contributed by atoms with Crippen LogP contribution in [0.25, 0.3) is 0 Å². The van der Waals surface area contributed by atoms with E-state index >= 15 is 0 Å². The van der Waals surface area contributed by atoms with E-state index in [1.807, 2.05) is 0 Å². The number of carbonyl (C=O) groups is 1. The Kier molecular flexibility index (Phi) is 3.35. The molecular formula is C4H3Br2F3O. The number of carbonyl (C=O) groups excluding carboxylic acids is 1. The van der Waals surface area contributed by atoms with E-state index in [0.717, 1.165) is 0 Å². The third-order valence-corrected chi connectivity index (χ3v) is 2.30. The van der Waals surface area contributed by atoms with E-state index in [-0.39, 0.29) is 6.29 Å². The monoisotopic (exact) mass is 282 g/mol. The largest absolute Gasteiger partial charge is 0.413 e. The molecule has 0 N–H and O–H groups in total. The Balaban J connectivity index is 4.23. The van der Waals surface area contributed by atoms with Gasteiger partial charge in [0.1, 0.15) is 6.29 Å². The topological polar surface area (TPSA) is 17.1 Å². The Morgan fingerprint density at radius 3 is 1.80 bits per heavy atom. The molecule has 60 valence electrons. The van der Waals surface area contributed by atoms with Gasteiger partial charge in [-0.15, -0.1) is 0 Å². The van der Waals surface area contributed by atoms with E-state index in [9.17, 15) is 18.0 Å². The minimum Gasteiger partial charge on any atom is -0.303 e. The van der Waals surface area contributed by atoms with Crippen molar-refractivity contribution in [3.05, 3.63) is 0 Å². The lowest BCUT2D eigenvalue weighted by Crippen LogP contribution is -2.33. The van der Waals surface area contributed by atoms with Crippen molar-refractivity contribution in [2.24, 2.45) is 0 Å². The summed E-state index contributed by atoms with van der Waals surface area (Å²) in [5, 5.41) is 0. The van der Waals surface area contributed by atoms with Gasteiger partial charge in [0.25, 0.3) is 0 Å². The molecule has 0 rings (SSSR count). The first-order valence-electron chi connectivity index (χ1n) is 2.19. The quantitative estimate of drug-likeness (QED) is 0.562. The predicted octanol–water partition coefficient (Wildman–Crippen LogP) is 2.62. The molecule has 10 heavy (non-hydrogen) atoms. The molecular weight excluding hydrogens is 281 g/mol. The maximum atomic E-state index is 11.8. The van der Waals surface area contributed by atoms with E-state index in [1.54, 1.807) is 0 Å². The van der Waals surface area contributed by atoms with Gasteiger partial charge in [-0.2, -0.15) is 13.2 Å². The molecule has 0 bridgehead atoms. The van der Waals surface area contributed by atoms with Crippen molar-refractivity contribution in [2.45, 2.75) is 15.8 Å². The van der Waals surface area contributed by atoms with Crippen LogP contribution in [0.1, 0.15) is 6.42 Å². The van der Waals surface area contributed by atoms with E-state index in [4.69, 9.17) is 0 Å². The summed E-state index contributed by atoms with van der Waals surface area (Å²) < 4.78 is 33.0. The highest BCUT2D eigenvalue weighted by atomic mass is 79.9. The van der Waals surface area contributed by atoms with Crippen LogP contribution in [0.2, 0.25) is 0 Å². The smallest absolute Gasteiger partial charge is 0.303 e. The molecule has 0 spiro atoms. The minimum atomic E-state index is -4.45. The van der Waals surface area contributed by atoms with Crippen molar-refractivity contribution < 1.29 is 18.0 Å². The summed E-state index contributed by atoms with van der Waals surface area (Å²) in [4.78, 5) is 9.71. The molecule has 6 heteroatoms. The maximum absolute atomic E-state index is 11.8. The molecule has 0 aromatic heterocycles. The van der Waals surface area contributed by atoms with Gasteiger partial charge in [-0.05, 0) is 0 Å². The maximum Gasteiger partial charge on any atom is 0.413 e. The number of hydrogen-bond donors (Lipinski definition) is 0. The Bertz CT molecular complexity index is 131. The van der Waals surface area contributed by atoms with E-state index in [1.165, 1.54) is 0 Å². The van der Waals surface area contributed by atoms with Crippen molar-refractivity contribution in [3.8, 4) is 0 Å². The van der Waals surface area contributed by atoms with Gasteiger partial charge in [0.15, 0.2) is 3.23 Å². The van der Waals surface area contributed by atoms with Crippen LogP contribution < -0.4 is 0 Å². The van der Waals surface area contributed by atoms with E-state index in [2.05, 4.69) is 31.9 Å². The van der Waals surface area contributed by atoms with Crippen molar-refractivity contribution >= 4 is 38.1 Å². The fourth-order valence-corrected chi connectivity index (χ4v) is 0.485. The van der Waals surface area contributed by atoms with Gasteiger partial charge in [-0.25, -0.2) is 0 Å². The lowest BCUT2D eigenvalue weighted by atomic mass is 10.3. The summed E-state index contributed by atoms with van der Waals surface area (Å²) in [6, 6.07) is 0. The number of alkyl halides is 5. The molecule has 0 amide bonds. The summed E-state index contributed by atoms with van der Waals surface area (Å²) in [5.41, 5.74) is 0. The standard InChI is InChI=1S/C4H3Br2F3O/c5-3(6,1-2-10)4(7,8)9/h2H,1H2. The summed E-state index contributed by atoms with van der Waals surface area (Å²) >= 11 is 4.65. The molecule has 0 aromatic rings. The fraction of sp³-hybridized carbons (Fsp3) is 0.750. The van der Waals surface area contributed by atoms with E-state index in [0.29, 0.717) is 0 Å². The van der Waals surface area contributed by atoms with Crippen LogP contribution in [0.15, 0.2) is 0 Å². The summed E-state index contributed by atoms with van der Waals surface area (Å²) in [7, 11) is 0. The zero-order valence-electron chi connectivity index (χ0n) is 4.58. The van der Waals surface area contributed by atoms with Crippen LogP contribution in [0.5, 0.6) is 0 Å². The van der Waals surface area contributed by atoms with Gasteiger partial charge >= 0.3 is 6.18 Å². The van der Waals surface area contributed by atoms with Crippen LogP contribution in [0.3, 0.4) is 0 Å². The second kappa shape index (κ2) is 3.21. The van der Waals surface area contributed by atoms with E-state index < -0.39 is 15.8 Å². The van der Waals surface area contributed by atoms with Crippen LogP contribution >= 0.6 is 31.9 Å². The van der Waals surface area contributed by atoms with Crippen molar-refractivity contribution in [2.75, 3.05) is 0 Å². The van der Waals surface area contributed by atoms with Crippen LogP contribution in [-0.2, 0) is 4.79 Å². The number of rotatable bonds is 2. The number of halogens is 5. The molecule has 0 heterocycles. The minimum absolute atomic E-state index is 0.191. The highest BCUT2D eigenvalue weighted by Crippen LogP contribution is 2.44. The molecule has 0 aliphatic heterocycles. The molecule has 0 aliphatic rings. The first-order valence-corrected chi connectivity index (χ1v) is 3.78. The molecule has 0 saturated carbocycles. The summed E-state index contributed by atoms with van der Waals surface area (Å²) in [6.07, 6.45) is -4.90. The average molecular weight is 284 g/mol. The Morgan fingerprint density at radius 2 is 1.70 bits per heavy atom. The van der Waals surface area contributed by atoms with Crippen LogP contribution in [0, 0.1) is 0 Å². The third kappa shape index (κ3) is 2.57. The lowest BCUT2D eigenvalue weighted by molar-refractivity contribution is -0.138. The summed E-state index contributed by atoms with van der Waals surface area (Å²) in [6.45, 7) is 0. The first-order chi connectivity index (χ1) is 4.31. The second-order valence-electron chi connectivity index (χ2n) is 1.57. The van der Waals surface area contributed by atoms with Gasteiger partial charge in [-0.3, -0.25) is 0 Å². The Morgan fingerprint density at radius 1 is 1.30 bits per heavy atom. The van der Waals surface area contributed by atoms with Crippen LogP contribution in [-0.4, -0.2) is 15.7 Å². The van der Waals surface area contributed by atoms with Gasteiger partial charge in [0, 0.05) is 6.42 Å². The number of hydrogen-bond acceptors (Lipinski definition) is 1.